The topological polar surface area (TPSA) is 17.8 Å². The molecule has 0 aromatic carbocycles. The first-order valence-electron chi connectivity index (χ1n) is 5.71. The molecule has 15 heavy (non-hydrogen) atoms. The Hall–Kier alpha value is -0.0900. The predicted molar refractivity (Wildman–Crippen MR) is 69.1 cm³/mol. The summed E-state index contributed by atoms with van der Waals surface area (Å²) >= 11 is 0. The molecule has 0 amide bonds. The molecule has 0 saturated carbocycles. The lowest BCUT2D eigenvalue weighted by Gasteiger charge is -2.06. The minimum Gasteiger partial charge on any atom is -0.273 e. The van der Waals surface area contributed by atoms with Crippen molar-refractivity contribution in [2.75, 3.05) is 5.75 Å². The number of aromatic nitrogens is 2. The summed E-state index contributed by atoms with van der Waals surface area (Å²) in [4.78, 5) is 0. The van der Waals surface area contributed by atoms with Gasteiger partial charge in [-0.1, -0.05) is 34.4 Å². The molecular formula is C11H18N2S2. The van der Waals surface area contributed by atoms with Crippen LogP contribution in [-0.2, 0) is 6.54 Å². The van der Waals surface area contributed by atoms with E-state index in [-0.39, 0.29) is 0 Å². The van der Waals surface area contributed by atoms with Gasteiger partial charge in [-0.3, -0.25) is 4.68 Å². The molecule has 0 bridgehead atoms. The highest BCUT2D eigenvalue weighted by atomic mass is 33.1. The number of rotatable bonds is 6. The van der Waals surface area contributed by atoms with E-state index < -0.39 is 0 Å². The highest BCUT2D eigenvalue weighted by Crippen LogP contribution is 2.39. The fraction of sp³-hybridized carbons (Fsp3) is 0.727. The molecular weight excluding hydrogens is 224 g/mol. The maximum atomic E-state index is 4.20. The molecule has 1 aromatic rings. The third-order valence-electron chi connectivity index (χ3n) is 2.70. The lowest BCUT2D eigenvalue weighted by Crippen LogP contribution is -2.00. The first-order chi connectivity index (χ1) is 7.45. The molecule has 1 atom stereocenters. The maximum Gasteiger partial charge on any atom is 0.0489 e. The molecule has 84 valence electrons. The van der Waals surface area contributed by atoms with Gasteiger partial charge in [0.1, 0.15) is 0 Å². The van der Waals surface area contributed by atoms with Crippen molar-refractivity contribution in [1.29, 1.82) is 0 Å². The van der Waals surface area contributed by atoms with E-state index in [2.05, 4.69) is 15.9 Å². The van der Waals surface area contributed by atoms with Gasteiger partial charge >= 0.3 is 0 Å². The van der Waals surface area contributed by atoms with Gasteiger partial charge in [0.05, 0.1) is 0 Å². The second kappa shape index (κ2) is 6.48. The minimum atomic E-state index is 0.944. The van der Waals surface area contributed by atoms with Crippen molar-refractivity contribution in [3.8, 4) is 0 Å². The predicted octanol–water partition coefficient (Wildman–Crippen LogP) is 3.60. The van der Waals surface area contributed by atoms with Gasteiger partial charge in [-0.2, -0.15) is 5.10 Å². The third kappa shape index (κ3) is 4.11. The fourth-order valence-corrected chi connectivity index (χ4v) is 4.85. The zero-order chi connectivity index (χ0) is 10.3. The minimum absolute atomic E-state index is 0.944. The first-order valence-corrected chi connectivity index (χ1v) is 8.09. The van der Waals surface area contributed by atoms with E-state index in [1.807, 2.05) is 33.9 Å². The van der Waals surface area contributed by atoms with Crippen molar-refractivity contribution in [2.45, 2.75) is 43.9 Å². The van der Waals surface area contributed by atoms with E-state index >= 15 is 0 Å². The Morgan fingerprint density at radius 2 is 2.33 bits per heavy atom. The standard InChI is InChI=1S/C11H18N2S2/c1(2-5-11-6-10-14-15-11)3-8-13-9-4-7-12-13/h4,7,9,11H,1-3,5-6,8,10H2/t11-/m1/s1. The Morgan fingerprint density at radius 1 is 1.33 bits per heavy atom. The molecule has 4 heteroatoms. The lowest BCUT2D eigenvalue weighted by atomic mass is 10.1. The van der Waals surface area contributed by atoms with Crippen molar-refractivity contribution in [1.82, 2.24) is 9.78 Å². The zero-order valence-corrected chi connectivity index (χ0v) is 10.6. The van der Waals surface area contributed by atoms with Gasteiger partial charge in [-0.15, -0.1) is 0 Å². The largest absolute Gasteiger partial charge is 0.273 e. The van der Waals surface area contributed by atoms with Crippen molar-refractivity contribution >= 4 is 21.6 Å². The van der Waals surface area contributed by atoms with Gasteiger partial charge < -0.3 is 0 Å². The van der Waals surface area contributed by atoms with Gasteiger partial charge in [0.2, 0.25) is 0 Å². The molecule has 2 rings (SSSR count). The molecule has 0 spiro atoms. The van der Waals surface area contributed by atoms with Crippen LogP contribution in [0.3, 0.4) is 0 Å². The summed E-state index contributed by atoms with van der Waals surface area (Å²) in [6, 6.07) is 1.99. The van der Waals surface area contributed by atoms with Gasteiger partial charge in [0.15, 0.2) is 0 Å². The number of hydrogen-bond donors (Lipinski definition) is 0. The number of unbranched alkanes of at least 4 members (excludes halogenated alkanes) is 2. The Kier molecular flexibility index (Phi) is 4.93. The Morgan fingerprint density at radius 3 is 3.07 bits per heavy atom. The van der Waals surface area contributed by atoms with E-state index in [1.165, 1.54) is 37.9 Å². The molecule has 1 aliphatic heterocycles. The molecule has 1 fully saturated rings. The van der Waals surface area contributed by atoms with E-state index in [4.69, 9.17) is 0 Å². The summed E-state index contributed by atoms with van der Waals surface area (Å²) in [5.41, 5.74) is 0. The summed E-state index contributed by atoms with van der Waals surface area (Å²) in [5.74, 6) is 1.36. The third-order valence-corrected chi connectivity index (χ3v) is 5.71. The van der Waals surface area contributed by atoms with Crippen LogP contribution in [0.2, 0.25) is 0 Å². The Labute approximate surface area is 99.6 Å². The average Bonchev–Trinajstić information content (AvgIpc) is 2.88. The molecule has 1 aliphatic rings. The van der Waals surface area contributed by atoms with Gasteiger partial charge in [0, 0.05) is 29.9 Å². The zero-order valence-electron chi connectivity index (χ0n) is 8.97. The molecule has 0 unspecified atom stereocenters. The highest BCUT2D eigenvalue weighted by Gasteiger charge is 2.15. The quantitative estimate of drug-likeness (QED) is 0.561. The van der Waals surface area contributed by atoms with Crippen LogP contribution in [0.1, 0.15) is 32.1 Å². The van der Waals surface area contributed by atoms with Gasteiger partial charge in [-0.05, 0) is 25.3 Å². The summed E-state index contributed by atoms with van der Waals surface area (Å²) < 4.78 is 2.03. The first kappa shape index (κ1) is 11.4. The average molecular weight is 242 g/mol. The lowest BCUT2D eigenvalue weighted by molar-refractivity contribution is 0.531. The van der Waals surface area contributed by atoms with Gasteiger partial charge in [-0.25, -0.2) is 0 Å². The molecule has 0 aliphatic carbocycles. The van der Waals surface area contributed by atoms with Crippen LogP contribution in [0.4, 0.5) is 0 Å². The van der Waals surface area contributed by atoms with Gasteiger partial charge in [0.25, 0.3) is 0 Å². The smallest absolute Gasteiger partial charge is 0.0489 e. The summed E-state index contributed by atoms with van der Waals surface area (Å²) in [5, 5.41) is 5.14. The molecule has 0 radical (unpaired) electrons. The Bertz CT molecular complexity index is 256. The molecule has 2 nitrogen and oxygen atoms in total. The molecule has 0 N–H and O–H groups in total. The molecule has 2 heterocycles. The second-order valence-corrected chi connectivity index (χ2v) is 6.73. The van der Waals surface area contributed by atoms with Crippen molar-refractivity contribution in [3.63, 3.8) is 0 Å². The second-order valence-electron chi connectivity index (χ2n) is 3.95. The summed E-state index contributed by atoms with van der Waals surface area (Å²) in [6.07, 6.45) is 10.7. The maximum absolute atomic E-state index is 4.20. The number of hydrogen-bond acceptors (Lipinski definition) is 3. The van der Waals surface area contributed by atoms with E-state index in [9.17, 15) is 0 Å². The monoisotopic (exact) mass is 242 g/mol. The van der Waals surface area contributed by atoms with E-state index in [0.29, 0.717) is 0 Å². The van der Waals surface area contributed by atoms with E-state index in [1.54, 1.807) is 0 Å². The number of nitrogens with zero attached hydrogens (tertiary/aromatic N) is 2. The van der Waals surface area contributed by atoms with Crippen LogP contribution in [0.25, 0.3) is 0 Å². The van der Waals surface area contributed by atoms with Crippen molar-refractivity contribution in [2.24, 2.45) is 0 Å². The molecule has 1 saturated heterocycles. The molecule has 1 aromatic heterocycles. The van der Waals surface area contributed by atoms with Crippen LogP contribution in [0.15, 0.2) is 18.5 Å². The van der Waals surface area contributed by atoms with Crippen LogP contribution in [-0.4, -0.2) is 20.8 Å². The van der Waals surface area contributed by atoms with Crippen LogP contribution in [0, 0.1) is 0 Å². The van der Waals surface area contributed by atoms with Crippen LogP contribution < -0.4 is 0 Å². The van der Waals surface area contributed by atoms with Crippen molar-refractivity contribution in [3.05, 3.63) is 18.5 Å². The number of aryl methyl sites for hydroxylation is 1. The summed E-state index contributed by atoms with van der Waals surface area (Å²) in [7, 11) is 4.14. The normalized spacial score (nSPS) is 20.9. The van der Waals surface area contributed by atoms with Crippen molar-refractivity contribution < 1.29 is 0 Å². The summed E-state index contributed by atoms with van der Waals surface area (Å²) in [6.45, 7) is 1.08. The van der Waals surface area contributed by atoms with Crippen LogP contribution >= 0.6 is 21.6 Å². The van der Waals surface area contributed by atoms with E-state index in [0.717, 1.165) is 11.8 Å². The Balaban J connectivity index is 1.48. The van der Waals surface area contributed by atoms with Crippen LogP contribution in [0.5, 0.6) is 0 Å². The SMILES string of the molecule is c1cnn(CCCCC[C@@H]2CCSS2)c1. The fourth-order valence-electron chi connectivity index (χ4n) is 1.82. The highest BCUT2D eigenvalue weighted by molar-refractivity contribution is 8.77.